The van der Waals surface area contributed by atoms with Crippen LogP contribution in [-0.2, 0) is 4.74 Å². The number of amides is 1. The van der Waals surface area contributed by atoms with Crippen molar-refractivity contribution in [2.45, 2.75) is 38.8 Å². The van der Waals surface area contributed by atoms with Gasteiger partial charge in [0.2, 0.25) is 0 Å². The van der Waals surface area contributed by atoms with Gasteiger partial charge in [-0.25, -0.2) is 4.79 Å². The Morgan fingerprint density at radius 2 is 2.23 bits per heavy atom. The third-order valence-corrected chi connectivity index (χ3v) is 1.86. The maximum atomic E-state index is 11.2. The van der Waals surface area contributed by atoms with Crippen LogP contribution in [0.4, 0.5) is 4.79 Å². The van der Waals surface area contributed by atoms with E-state index in [1.165, 1.54) is 0 Å². The van der Waals surface area contributed by atoms with Crippen LogP contribution < -0.4 is 5.32 Å². The standard InChI is InChI=1S/C9H17NO3/c1-9(2,3)13-8(12)10-7-4-6(7)5-11/h6-7,11H,4-5H2,1-3H3,(H,10,12)/t6-,7?/m0/s1. The van der Waals surface area contributed by atoms with Gasteiger partial charge in [-0.15, -0.1) is 0 Å². The zero-order valence-corrected chi connectivity index (χ0v) is 8.33. The minimum Gasteiger partial charge on any atom is -0.444 e. The molecule has 0 spiro atoms. The number of nitrogens with one attached hydrogen (secondary N) is 1. The largest absolute Gasteiger partial charge is 0.444 e. The van der Waals surface area contributed by atoms with Gasteiger partial charge in [-0.1, -0.05) is 0 Å². The highest BCUT2D eigenvalue weighted by atomic mass is 16.6. The molecule has 0 heterocycles. The molecule has 4 nitrogen and oxygen atoms in total. The quantitative estimate of drug-likeness (QED) is 0.675. The van der Waals surface area contributed by atoms with Crippen molar-refractivity contribution in [1.82, 2.24) is 5.32 Å². The molecule has 0 aliphatic heterocycles. The zero-order chi connectivity index (χ0) is 10.1. The number of hydrogen-bond acceptors (Lipinski definition) is 3. The van der Waals surface area contributed by atoms with E-state index in [1.54, 1.807) is 0 Å². The van der Waals surface area contributed by atoms with Gasteiger partial charge in [0, 0.05) is 18.6 Å². The lowest BCUT2D eigenvalue weighted by atomic mass is 10.2. The summed E-state index contributed by atoms with van der Waals surface area (Å²) in [5.41, 5.74) is -0.451. The third-order valence-electron chi connectivity index (χ3n) is 1.86. The third kappa shape index (κ3) is 3.63. The summed E-state index contributed by atoms with van der Waals surface area (Å²) in [6.45, 7) is 5.61. The number of carbonyl (C=O) groups excluding carboxylic acids is 1. The zero-order valence-electron chi connectivity index (χ0n) is 8.33. The molecule has 1 aliphatic rings. The number of aliphatic hydroxyl groups is 1. The van der Waals surface area contributed by atoms with Gasteiger partial charge in [0.25, 0.3) is 0 Å². The molecule has 1 aliphatic carbocycles. The second-order valence-corrected chi connectivity index (χ2v) is 4.43. The Kier molecular flexibility index (Phi) is 2.81. The summed E-state index contributed by atoms with van der Waals surface area (Å²) in [6.07, 6.45) is 0.462. The van der Waals surface area contributed by atoms with Crippen LogP contribution in [0.1, 0.15) is 27.2 Å². The van der Waals surface area contributed by atoms with Gasteiger partial charge in [0.15, 0.2) is 0 Å². The maximum Gasteiger partial charge on any atom is 0.407 e. The summed E-state index contributed by atoms with van der Waals surface area (Å²) >= 11 is 0. The summed E-state index contributed by atoms with van der Waals surface area (Å²) in [4.78, 5) is 11.2. The van der Waals surface area contributed by atoms with E-state index in [9.17, 15) is 4.79 Å². The van der Waals surface area contributed by atoms with Crippen molar-refractivity contribution < 1.29 is 14.6 Å². The topological polar surface area (TPSA) is 58.6 Å². The van der Waals surface area contributed by atoms with Gasteiger partial charge < -0.3 is 15.2 Å². The Morgan fingerprint density at radius 1 is 1.62 bits per heavy atom. The van der Waals surface area contributed by atoms with E-state index < -0.39 is 11.7 Å². The van der Waals surface area contributed by atoms with Gasteiger partial charge in [-0.2, -0.15) is 0 Å². The lowest BCUT2D eigenvalue weighted by Gasteiger charge is -2.19. The molecule has 0 bridgehead atoms. The van der Waals surface area contributed by atoms with Gasteiger partial charge in [-0.05, 0) is 27.2 Å². The first-order valence-electron chi connectivity index (χ1n) is 4.53. The van der Waals surface area contributed by atoms with Crippen LogP contribution in [0.2, 0.25) is 0 Å². The molecule has 1 unspecified atom stereocenters. The van der Waals surface area contributed by atoms with Crippen molar-refractivity contribution in [3.8, 4) is 0 Å². The Labute approximate surface area is 78.3 Å². The molecule has 2 N–H and O–H groups in total. The second kappa shape index (κ2) is 3.54. The predicted molar refractivity (Wildman–Crippen MR) is 48.4 cm³/mol. The summed E-state index contributed by atoms with van der Waals surface area (Å²) < 4.78 is 5.05. The van der Waals surface area contributed by atoms with E-state index in [-0.39, 0.29) is 18.6 Å². The first-order chi connectivity index (χ1) is 5.92. The molecule has 1 rings (SSSR count). The Morgan fingerprint density at radius 3 is 2.62 bits per heavy atom. The van der Waals surface area contributed by atoms with E-state index in [0.717, 1.165) is 6.42 Å². The molecule has 0 aromatic carbocycles. The number of alkyl carbamates (subject to hydrolysis) is 1. The predicted octanol–water partition coefficient (Wildman–Crippen LogP) is 0.892. The van der Waals surface area contributed by atoms with E-state index >= 15 is 0 Å². The average molecular weight is 187 g/mol. The van der Waals surface area contributed by atoms with Crippen LogP contribution >= 0.6 is 0 Å². The van der Waals surface area contributed by atoms with Crippen molar-refractivity contribution in [1.29, 1.82) is 0 Å². The highest BCUT2D eigenvalue weighted by Crippen LogP contribution is 2.29. The highest BCUT2D eigenvalue weighted by Gasteiger charge is 2.38. The fourth-order valence-electron chi connectivity index (χ4n) is 1.09. The minimum atomic E-state index is -0.451. The molecule has 76 valence electrons. The summed E-state index contributed by atoms with van der Waals surface area (Å²) in [5, 5.41) is 11.4. The van der Waals surface area contributed by atoms with E-state index in [4.69, 9.17) is 9.84 Å². The van der Waals surface area contributed by atoms with Crippen molar-refractivity contribution in [3.05, 3.63) is 0 Å². The van der Waals surface area contributed by atoms with Crippen LogP contribution in [0.15, 0.2) is 0 Å². The van der Waals surface area contributed by atoms with Crippen molar-refractivity contribution in [3.63, 3.8) is 0 Å². The lowest BCUT2D eigenvalue weighted by molar-refractivity contribution is 0.0519. The van der Waals surface area contributed by atoms with Crippen LogP contribution in [0.3, 0.4) is 0 Å². The molecular weight excluding hydrogens is 170 g/mol. The number of aliphatic hydroxyl groups excluding tert-OH is 1. The molecule has 0 aromatic heterocycles. The monoisotopic (exact) mass is 187 g/mol. The highest BCUT2D eigenvalue weighted by molar-refractivity contribution is 5.68. The SMILES string of the molecule is CC(C)(C)OC(=O)NC1C[C@H]1CO. The molecule has 1 amide bonds. The number of rotatable bonds is 2. The molecule has 2 atom stereocenters. The summed E-state index contributed by atoms with van der Waals surface area (Å²) in [6, 6.07) is 0.111. The van der Waals surface area contributed by atoms with E-state index in [0.29, 0.717) is 0 Å². The van der Waals surface area contributed by atoms with Crippen LogP contribution in [0, 0.1) is 5.92 Å². The molecule has 13 heavy (non-hydrogen) atoms. The number of hydrogen-bond donors (Lipinski definition) is 2. The number of carbonyl (C=O) groups is 1. The normalized spacial score (nSPS) is 26.8. The van der Waals surface area contributed by atoms with Crippen molar-refractivity contribution in [2.75, 3.05) is 6.61 Å². The molecule has 4 heteroatoms. The van der Waals surface area contributed by atoms with Crippen LogP contribution in [0.5, 0.6) is 0 Å². The van der Waals surface area contributed by atoms with Crippen molar-refractivity contribution >= 4 is 6.09 Å². The first kappa shape index (κ1) is 10.3. The van der Waals surface area contributed by atoms with E-state index in [2.05, 4.69) is 5.32 Å². The van der Waals surface area contributed by atoms with Gasteiger partial charge in [-0.3, -0.25) is 0 Å². The molecule has 1 fully saturated rings. The molecule has 0 radical (unpaired) electrons. The summed E-state index contributed by atoms with van der Waals surface area (Å²) in [5.74, 6) is 0.229. The molecular formula is C9H17NO3. The molecule has 1 saturated carbocycles. The minimum absolute atomic E-state index is 0.111. The maximum absolute atomic E-state index is 11.2. The van der Waals surface area contributed by atoms with Crippen LogP contribution in [-0.4, -0.2) is 29.4 Å². The smallest absolute Gasteiger partial charge is 0.407 e. The lowest BCUT2D eigenvalue weighted by Crippen LogP contribution is -2.34. The number of ether oxygens (including phenoxy) is 1. The molecule has 0 saturated heterocycles. The fourth-order valence-corrected chi connectivity index (χ4v) is 1.09. The van der Waals surface area contributed by atoms with Crippen molar-refractivity contribution in [2.24, 2.45) is 5.92 Å². The van der Waals surface area contributed by atoms with Crippen LogP contribution in [0.25, 0.3) is 0 Å². The average Bonchev–Trinajstić information content (AvgIpc) is 2.62. The van der Waals surface area contributed by atoms with E-state index in [1.807, 2.05) is 20.8 Å². The first-order valence-corrected chi connectivity index (χ1v) is 4.53. The fraction of sp³-hybridized carbons (Fsp3) is 0.889. The van der Waals surface area contributed by atoms with Gasteiger partial charge in [0.05, 0.1) is 0 Å². The van der Waals surface area contributed by atoms with Gasteiger partial charge in [0.1, 0.15) is 5.60 Å². The Balaban J connectivity index is 2.20. The molecule has 0 aromatic rings. The Hall–Kier alpha value is -0.770. The second-order valence-electron chi connectivity index (χ2n) is 4.43. The Bertz CT molecular complexity index is 198. The summed E-state index contributed by atoms with van der Waals surface area (Å²) in [7, 11) is 0. The van der Waals surface area contributed by atoms with Gasteiger partial charge >= 0.3 is 6.09 Å².